The first kappa shape index (κ1) is 20.2. The van der Waals surface area contributed by atoms with Crippen LogP contribution < -0.4 is 9.80 Å². The molecule has 7 heteroatoms. The Bertz CT molecular complexity index is 1100. The van der Waals surface area contributed by atoms with E-state index in [-0.39, 0.29) is 0 Å². The molecular weight excluding hydrogens is 380 g/mol. The quantitative estimate of drug-likeness (QED) is 0.605. The van der Waals surface area contributed by atoms with Crippen LogP contribution in [0, 0.1) is 27.7 Å². The van der Waals surface area contributed by atoms with Crippen molar-refractivity contribution >= 4 is 28.6 Å². The van der Waals surface area contributed by atoms with Crippen LogP contribution in [0.4, 0.5) is 11.5 Å². The molecule has 0 saturated carbocycles. The van der Waals surface area contributed by atoms with E-state index in [2.05, 4.69) is 46.8 Å². The smallest absolute Gasteiger partial charge is 0.342 e. The van der Waals surface area contributed by atoms with Gasteiger partial charge in [0.15, 0.2) is 0 Å². The van der Waals surface area contributed by atoms with Crippen LogP contribution in [0.1, 0.15) is 40.0 Å². The second-order valence-corrected chi connectivity index (χ2v) is 7.72. The molecule has 3 aromatic rings. The van der Waals surface area contributed by atoms with Crippen LogP contribution in [-0.2, 0) is 4.74 Å². The number of nitrogens with zero attached hydrogens (tertiary/aromatic N) is 4. The third-order valence-electron chi connectivity index (χ3n) is 5.80. The summed E-state index contributed by atoms with van der Waals surface area (Å²) in [5.41, 5.74) is 4.77. The normalized spacial score (nSPS) is 14.4. The number of hydrogen-bond acceptors (Lipinski definition) is 7. The summed E-state index contributed by atoms with van der Waals surface area (Å²) >= 11 is 0. The molecule has 0 radical (unpaired) electrons. The van der Waals surface area contributed by atoms with Crippen molar-refractivity contribution in [2.24, 2.45) is 0 Å². The van der Waals surface area contributed by atoms with Gasteiger partial charge in [-0.2, -0.15) is 4.98 Å². The number of rotatable bonds is 4. The molecule has 1 aromatic carbocycles. The standard InChI is InChI=1S/C23H28N4O3/c1-6-29-23(28)19-16(4)30-22-20(19)21(24-17(5)25-22)27-12-10-26(11-13-27)18-9-7-8-14(2)15(18)3/h7-9H,6,10-13H2,1-5H3. The van der Waals surface area contributed by atoms with Crippen LogP contribution >= 0.6 is 0 Å². The van der Waals surface area contributed by atoms with Gasteiger partial charge in [0.1, 0.15) is 23.0 Å². The molecule has 7 nitrogen and oxygen atoms in total. The zero-order valence-electron chi connectivity index (χ0n) is 18.3. The van der Waals surface area contributed by atoms with E-state index in [4.69, 9.17) is 14.1 Å². The topological polar surface area (TPSA) is 71.7 Å². The SMILES string of the molecule is CCOC(=O)c1c(C)oc2nc(C)nc(N3CCN(c4cccc(C)c4C)CC3)c12. The number of piperazine rings is 1. The minimum Gasteiger partial charge on any atom is -0.462 e. The van der Waals surface area contributed by atoms with Crippen LogP contribution in [0.5, 0.6) is 0 Å². The predicted octanol–water partition coefficient (Wildman–Crippen LogP) is 3.96. The first-order valence-corrected chi connectivity index (χ1v) is 10.4. The lowest BCUT2D eigenvalue weighted by Crippen LogP contribution is -2.47. The maximum atomic E-state index is 12.6. The first-order chi connectivity index (χ1) is 14.4. The van der Waals surface area contributed by atoms with Crippen molar-refractivity contribution in [3.63, 3.8) is 0 Å². The molecule has 158 valence electrons. The Labute approximate surface area is 176 Å². The van der Waals surface area contributed by atoms with Gasteiger partial charge >= 0.3 is 5.97 Å². The number of fused-ring (bicyclic) bond motifs is 1. The molecule has 0 aliphatic carbocycles. The number of anilines is 2. The number of aromatic nitrogens is 2. The maximum Gasteiger partial charge on any atom is 0.342 e. The molecule has 3 heterocycles. The van der Waals surface area contributed by atoms with E-state index in [1.54, 1.807) is 13.8 Å². The van der Waals surface area contributed by atoms with E-state index in [1.807, 2.05) is 6.92 Å². The number of aryl methyl sites for hydroxylation is 3. The average Bonchev–Trinajstić information content (AvgIpc) is 3.05. The monoisotopic (exact) mass is 408 g/mol. The summed E-state index contributed by atoms with van der Waals surface area (Å²) in [7, 11) is 0. The van der Waals surface area contributed by atoms with Gasteiger partial charge in [-0.15, -0.1) is 0 Å². The van der Waals surface area contributed by atoms with E-state index < -0.39 is 5.97 Å². The molecule has 0 atom stereocenters. The number of furan rings is 1. The molecular formula is C23H28N4O3. The fourth-order valence-corrected chi connectivity index (χ4v) is 4.11. The molecule has 1 fully saturated rings. The van der Waals surface area contributed by atoms with Crippen molar-refractivity contribution in [2.45, 2.75) is 34.6 Å². The molecule has 0 unspecified atom stereocenters. The van der Waals surface area contributed by atoms with Crippen LogP contribution in [0.2, 0.25) is 0 Å². The molecule has 0 bridgehead atoms. The Morgan fingerprint density at radius 2 is 1.77 bits per heavy atom. The lowest BCUT2D eigenvalue weighted by Gasteiger charge is -2.37. The van der Waals surface area contributed by atoms with Crippen LogP contribution in [0.25, 0.3) is 11.1 Å². The van der Waals surface area contributed by atoms with Crippen molar-refractivity contribution in [1.29, 1.82) is 0 Å². The second-order valence-electron chi connectivity index (χ2n) is 7.72. The molecule has 1 aliphatic heterocycles. The molecule has 2 aromatic heterocycles. The van der Waals surface area contributed by atoms with Gasteiger partial charge in [-0.3, -0.25) is 0 Å². The van der Waals surface area contributed by atoms with Gasteiger partial charge in [-0.25, -0.2) is 9.78 Å². The highest BCUT2D eigenvalue weighted by Crippen LogP contribution is 2.33. The Kier molecular flexibility index (Phi) is 5.37. The van der Waals surface area contributed by atoms with Crippen LogP contribution in [0.15, 0.2) is 22.6 Å². The third kappa shape index (κ3) is 3.49. The van der Waals surface area contributed by atoms with Crippen molar-refractivity contribution in [3.8, 4) is 0 Å². The van der Waals surface area contributed by atoms with Gasteiger partial charge in [-0.1, -0.05) is 12.1 Å². The van der Waals surface area contributed by atoms with Crippen LogP contribution in [0.3, 0.4) is 0 Å². The largest absolute Gasteiger partial charge is 0.462 e. The number of benzene rings is 1. The van der Waals surface area contributed by atoms with E-state index in [0.717, 1.165) is 32.0 Å². The van der Waals surface area contributed by atoms with Crippen LogP contribution in [-0.4, -0.2) is 48.7 Å². The number of carbonyl (C=O) groups is 1. The highest BCUT2D eigenvalue weighted by molar-refractivity contribution is 6.08. The van der Waals surface area contributed by atoms with Gasteiger partial charge in [0.2, 0.25) is 5.71 Å². The lowest BCUT2D eigenvalue weighted by molar-refractivity contribution is 0.0526. The zero-order valence-corrected chi connectivity index (χ0v) is 18.3. The molecule has 0 spiro atoms. The molecule has 1 aliphatic rings. The number of esters is 1. The van der Waals surface area contributed by atoms with E-state index in [9.17, 15) is 4.79 Å². The van der Waals surface area contributed by atoms with Crippen molar-refractivity contribution in [2.75, 3.05) is 42.6 Å². The second kappa shape index (κ2) is 7.97. The maximum absolute atomic E-state index is 12.6. The highest BCUT2D eigenvalue weighted by atomic mass is 16.5. The summed E-state index contributed by atoms with van der Waals surface area (Å²) in [6, 6.07) is 6.44. The highest BCUT2D eigenvalue weighted by Gasteiger charge is 2.28. The Hall–Kier alpha value is -3.09. The molecule has 4 rings (SSSR count). The van der Waals surface area contributed by atoms with E-state index >= 15 is 0 Å². The van der Waals surface area contributed by atoms with Crippen molar-refractivity contribution in [1.82, 2.24) is 9.97 Å². The summed E-state index contributed by atoms with van der Waals surface area (Å²) in [5, 5.41) is 0.650. The van der Waals surface area contributed by atoms with Gasteiger partial charge in [0.05, 0.1) is 12.0 Å². The number of carbonyl (C=O) groups excluding carboxylic acids is 1. The average molecular weight is 409 g/mol. The molecule has 0 N–H and O–H groups in total. The van der Waals surface area contributed by atoms with Gasteiger partial charge < -0.3 is 19.0 Å². The summed E-state index contributed by atoms with van der Waals surface area (Å²) in [5.74, 6) is 1.49. The summed E-state index contributed by atoms with van der Waals surface area (Å²) < 4.78 is 11.1. The minimum absolute atomic E-state index is 0.307. The first-order valence-electron chi connectivity index (χ1n) is 10.4. The third-order valence-corrected chi connectivity index (χ3v) is 5.80. The van der Waals surface area contributed by atoms with Crippen molar-refractivity contribution in [3.05, 3.63) is 46.5 Å². The fraction of sp³-hybridized carbons (Fsp3) is 0.435. The summed E-state index contributed by atoms with van der Waals surface area (Å²) in [6.07, 6.45) is 0. The van der Waals surface area contributed by atoms with Crippen molar-refractivity contribution < 1.29 is 13.9 Å². The number of ether oxygens (including phenoxy) is 1. The number of hydrogen-bond donors (Lipinski definition) is 0. The molecule has 1 saturated heterocycles. The Morgan fingerprint density at radius 3 is 2.47 bits per heavy atom. The van der Waals surface area contributed by atoms with E-state index in [0.29, 0.717) is 34.9 Å². The molecule has 30 heavy (non-hydrogen) atoms. The minimum atomic E-state index is -0.392. The lowest BCUT2D eigenvalue weighted by atomic mass is 10.1. The molecule has 0 amide bonds. The van der Waals surface area contributed by atoms with E-state index in [1.165, 1.54) is 16.8 Å². The Balaban J connectivity index is 1.67. The summed E-state index contributed by atoms with van der Waals surface area (Å²) in [4.78, 5) is 26.4. The van der Waals surface area contributed by atoms with Gasteiger partial charge in [0.25, 0.3) is 0 Å². The van der Waals surface area contributed by atoms with Gasteiger partial charge in [-0.05, 0) is 51.8 Å². The Morgan fingerprint density at radius 1 is 1.07 bits per heavy atom. The summed E-state index contributed by atoms with van der Waals surface area (Å²) in [6.45, 7) is 13.4. The predicted molar refractivity (Wildman–Crippen MR) is 118 cm³/mol. The van der Waals surface area contributed by atoms with Gasteiger partial charge in [0, 0.05) is 31.9 Å². The zero-order chi connectivity index (χ0) is 21.4. The fourth-order valence-electron chi connectivity index (χ4n) is 4.11.